The molecule has 108 valence electrons. The number of sulfonamides is 1. The molecule has 2 N–H and O–H groups in total. The number of nitrogens with two attached hydrogens (primary N) is 1. The normalized spacial score (nSPS) is 14.1. The van der Waals surface area contributed by atoms with Crippen molar-refractivity contribution in [3.8, 4) is 0 Å². The van der Waals surface area contributed by atoms with Gasteiger partial charge in [0.05, 0.1) is 4.90 Å². The first-order valence-electron chi connectivity index (χ1n) is 6.23. The first-order chi connectivity index (χ1) is 8.80. The minimum absolute atomic E-state index is 0.208. The molecule has 0 bridgehead atoms. The molecule has 0 heterocycles. The maximum Gasteiger partial charge on any atom is 0.242 e. The van der Waals surface area contributed by atoms with Gasteiger partial charge in [0, 0.05) is 33.2 Å². The summed E-state index contributed by atoms with van der Waals surface area (Å²) in [4.78, 5) is 2.45. The highest BCUT2D eigenvalue weighted by Gasteiger charge is 2.18. The van der Waals surface area contributed by atoms with E-state index in [-0.39, 0.29) is 6.04 Å². The van der Waals surface area contributed by atoms with Gasteiger partial charge < -0.3 is 5.73 Å². The van der Waals surface area contributed by atoms with Crippen molar-refractivity contribution in [2.75, 3.05) is 34.2 Å². The topological polar surface area (TPSA) is 66.6 Å². The van der Waals surface area contributed by atoms with Crippen molar-refractivity contribution in [3.05, 3.63) is 29.8 Å². The van der Waals surface area contributed by atoms with Gasteiger partial charge in [0.2, 0.25) is 10.0 Å². The molecule has 0 saturated carbocycles. The van der Waals surface area contributed by atoms with E-state index < -0.39 is 10.0 Å². The first kappa shape index (κ1) is 16.1. The molecule has 0 saturated heterocycles. The molecule has 1 rings (SSSR count). The molecule has 0 spiro atoms. The van der Waals surface area contributed by atoms with E-state index >= 15 is 0 Å². The molecule has 1 unspecified atom stereocenters. The van der Waals surface area contributed by atoms with Gasteiger partial charge in [0.1, 0.15) is 0 Å². The second-order valence-corrected chi connectivity index (χ2v) is 6.95. The third-order valence-electron chi connectivity index (χ3n) is 3.28. The number of hydrogen-bond acceptors (Lipinski definition) is 4. The van der Waals surface area contributed by atoms with Crippen LogP contribution in [0.4, 0.5) is 0 Å². The van der Waals surface area contributed by atoms with E-state index in [1.54, 1.807) is 12.1 Å². The average molecular weight is 285 g/mol. The van der Waals surface area contributed by atoms with Crippen molar-refractivity contribution < 1.29 is 8.42 Å². The van der Waals surface area contributed by atoms with Gasteiger partial charge in [0.25, 0.3) is 0 Å². The zero-order chi connectivity index (χ0) is 14.6. The molecule has 6 heteroatoms. The lowest BCUT2D eigenvalue weighted by atomic mass is 10.1. The Bertz CT molecular complexity index is 497. The van der Waals surface area contributed by atoms with Crippen LogP contribution in [0.5, 0.6) is 0 Å². The van der Waals surface area contributed by atoms with Gasteiger partial charge in [-0.1, -0.05) is 12.1 Å². The van der Waals surface area contributed by atoms with Gasteiger partial charge in [-0.3, -0.25) is 4.90 Å². The van der Waals surface area contributed by atoms with E-state index in [2.05, 4.69) is 11.8 Å². The Balaban J connectivity index is 2.94. The van der Waals surface area contributed by atoms with Crippen LogP contribution in [0.25, 0.3) is 0 Å². The number of rotatable bonds is 6. The summed E-state index contributed by atoms with van der Waals surface area (Å²) in [6.45, 7) is 3.48. The van der Waals surface area contributed by atoms with Crippen molar-refractivity contribution in [1.29, 1.82) is 0 Å². The number of hydrogen-bond donors (Lipinski definition) is 1. The molecule has 1 aromatic carbocycles. The Morgan fingerprint density at radius 3 is 2.11 bits per heavy atom. The van der Waals surface area contributed by atoms with Crippen LogP contribution in [0.1, 0.15) is 18.5 Å². The van der Waals surface area contributed by atoms with Crippen molar-refractivity contribution in [3.63, 3.8) is 0 Å². The van der Waals surface area contributed by atoms with Crippen LogP contribution in [-0.4, -0.2) is 51.9 Å². The number of nitrogens with zero attached hydrogens (tertiary/aromatic N) is 2. The number of likely N-dealkylation sites (N-methyl/N-ethyl adjacent to an activating group) is 1. The third kappa shape index (κ3) is 3.76. The Hall–Kier alpha value is -0.950. The Morgan fingerprint density at radius 1 is 1.16 bits per heavy atom. The second-order valence-electron chi connectivity index (χ2n) is 4.80. The predicted molar refractivity (Wildman–Crippen MR) is 77.4 cm³/mol. The van der Waals surface area contributed by atoms with Crippen LogP contribution in [0, 0.1) is 0 Å². The Kier molecular flexibility index (Phi) is 5.49. The van der Waals surface area contributed by atoms with Crippen molar-refractivity contribution >= 4 is 10.0 Å². The Labute approximate surface area is 116 Å². The lowest BCUT2D eigenvalue weighted by Gasteiger charge is -2.24. The summed E-state index contributed by atoms with van der Waals surface area (Å²) in [6, 6.07) is 7.22. The maximum absolute atomic E-state index is 11.9. The fourth-order valence-electron chi connectivity index (χ4n) is 1.78. The van der Waals surface area contributed by atoms with Gasteiger partial charge in [0.15, 0.2) is 0 Å². The predicted octanol–water partition coefficient (Wildman–Crippen LogP) is 0.888. The molecule has 0 aliphatic heterocycles. The van der Waals surface area contributed by atoms with E-state index in [1.165, 1.54) is 18.4 Å². The molecule has 0 aromatic heterocycles. The fraction of sp³-hybridized carbons (Fsp3) is 0.538. The zero-order valence-electron chi connectivity index (χ0n) is 12.0. The van der Waals surface area contributed by atoms with E-state index in [4.69, 9.17) is 5.73 Å². The zero-order valence-corrected chi connectivity index (χ0v) is 12.8. The van der Waals surface area contributed by atoms with Crippen LogP contribution in [0.15, 0.2) is 29.2 Å². The van der Waals surface area contributed by atoms with Gasteiger partial charge in [-0.05, 0) is 31.7 Å². The fourth-order valence-corrected chi connectivity index (χ4v) is 2.68. The minimum atomic E-state index is -3.35. The van der Waals surface area contributed by atoms with Crippen LogP contribution in [0.2, 0.25) is 0 Å². The second kappa shape index (κ2) is 6.47. The summed E-state index contributed by atoms with van der Waals surface area (Å²) in [6.07, 6.45) is 0. The largest absolute Gasteiger partial charge is 0.329 e. The molecule has 1 atom stereocenters. The minimum Gasteiger partial charge on any atom is -0.329 e. The van der Waals surface area contributed by atoms with Crippen LogP contribution in [0.3, 0.4) is 0 Å². The molecule has 1 aromatic rings. The average Bonchev–Trinajstić information content (AvgIpc) is 2.38. The SMILES string of the molecule is CC(c1ccc(S(=O)(=O)N(C)C)cc1)N(C)CCN. The molecule has 0 fully saturated rings. The summed E-state index contributed by atoms with van der Waals surface area (Å²) >= 11 is 0. The summed E-state index contributed by atoms with van der Waals surface area (Å²) < 4.78 is 25.1. The van der Waals surface area contributed by atoms with Gasteiger partial charge in [-0.15, -0.1) is 0 Å². The van der Waals surface area contributed by atoms with E-state index in [0.29, 0.717) is 11.4 Å². The summed E-state index contributed by atoms with van der Waals surface area (Å²) in [5, 5.41) is 0. The quantitative estimate of drug-likeness (QED) is 0.843. The lowest BCUT2D eigenvalue weighted by molar-refractivity contribution is 0.269. The van der Waals surface area contributed by atoms with Crippen molar-refractivity contribution in [1.82, 2.24) is 9.21 Å². The highest BCUT2D eigenvalue weighted by molar-refractivity contribution is 7.89. The van der Waals surface area contributed by atoms with Crippen LogP contribution < -0.4 is 5.73 Å². The highest BCUT2D eigenvalue weighted by atomic mass is 32.2. The van der Waals surface area contributed by atoms with E-state index in [9.17, 15) is 8.42 Å². The first-order valence-corrected chi connectivity index (χ1v) is 7.67. The van der Waals surface area contributed by atoms with E-state index in [1.807, 2.05) is 19.2 Å². The van der Waals surface area contributed by atoms with E-state index in [0.717, 1.165) is 12.1 Å². The molecule has 5 nitrogen and oxygen atoms in total. The molecule has 0 radical (unpaired) electrons. The smallest absolute Gasteiger partial charge is 0.242 e. The Morgan fingerprint density at radius 2 is 1.68 bits per heavy atom. The molecular weight excluding hydrogens is 262 g/mol. The number of benzene rings is 1. The highest BCUT2D eigenvalue weighted by Crippen LogP contribution is 2.21. The van der Waals surface area contributed by atoms with Crippen molar-refractivity contribution in [2.24, 2.45) is 5.73 Å². The maximum atomic E-state index is 11.9. The standard InChI is InChI=1S/C13H23N3O2S/c1-11(16(4)10-9-14)12-5-7-13(8-6-12)19(17,18)15(2)3/h5-8,11H,9-10,14H2,1-4H3. The summed E-state index contributed by atoms with van der Waals surface area (Å²) in [5.74, 6) is 0. The molecule has 0 aliphatic carbocycles. The molecule has 19 heavy (non-hydrogen) atoms. The molecule has 0 amide bonds. The van der Waals surface area contributed by atoms with Crippen molar-refractivity contribution in [2.45, 2.75) is 17.9 Å². The summed E-state index contributed by atoms with van der Waals surface area (Å²) in [5.41, 5.74) is 6.61. The molecular formula is C13H23N3O2S. The third-order valence-corrected chi connectivity index (χ3v) is 5.11. The lowest BCUT2D eigenvalue weighted by Crippen LogP contribution is -2.28. The van der Waals surface area contributed by atoms with Gasteiger partial charge in [-0.25, -0.2) is 12.7 Å². The van der Waals surface area contributed by atoms with Crippen LogP contribution in [-0.2, 0) is 10.0 Å². The molecule has 0 aliphatic rings. The monoisotopic (exact) mass is 285 g/mol. The van der Waals surface area contributed by atoms with Crippen LogP contribution >= 0.6 is 0 Å². The van der Waals surface area contributed by atoms with Gasteiger partial charge in [-0.2, -0.15) is 0 Å². The summed E-state index contributed by atoms with van der Waals surface area (Å²) in [7, 11) is 1.71. The van der Waals surface area contributed by atoms with Gasteiger partial charge >= 0.3 is 0 Å².